The summed E-state index contributed by atoms with van der Waals surface area (Å²) in [4.78, 5) is 23.2. The van der Waals surface area contributed by atoms with Crippen LogP contribution in [-0.4, -0.2) is 30.3 Å². The van der Waals surface area contributed by atoms with Crippen molar-refractivity contribution in [2.24, 2.45) is 5.41 Å². The van der Waals surface area contributed by atoms with Gasteiger partial charge in [-0.05, 0) is 17.5 Å². The number of benzene rings is 1. The second kappa shape index (κ2) is 6.80. The second-order valence-electron chi connectivity index (χ2n) is 5.62. The number of rotatable bonds is 4. The summed E-state index contributed by atoms with van der Waals surface area (Å²) in [6.07, 6.45) is 0. The third kappa shape index (κ3) is 5.26. The highest BCUT2D eigenvalue weighted by molar-refractivity contribution is 9.10. The molecule has 0 aromatic heterocycles. The Morgan fingerprint density at radius 1 is 1.29 bits per heavy atom. The average molecular weight is 359 g/mol. The maximum absolute atomic E-state index is 11.9. The van der Waals surface area contributed by atoms with Crippen molar-refractivity contribution in [3.05, 3.63) is 22.7 Å². The van der Waals surface area contributed by atoms with E-state index in [1.165, 1.54) is 7.11 Å². The van der Waals surface area contributed by atoms with Crippen LogP contribution in [0.2, 0.25) is 0 Å². The van der Waals surface area contributed by atoms with E-state index < -0.39 is 23.5 Å². The molecule has 0 aliphatic heterocycles. The Labute approximate surface area is 132 Å². The fourth-order valence-corrected chi connectivity index (χ4v) is 2.17. The SMILES string of the molecule is COc1cc(Br)cc(NC(=O)N[C@H](C(=O)O)C(C)(C)C)c1. The van der Waals surface area contributed by atoms with Crippen molar-refractivity contribution in [1.82, 2.24) is 5.32 Å². The van der Waals surface area contributed by atoms with E-state index in [4.69, 9.17) is 4.74 Å². The van der Waals surface area contributed by atoms with Crippen molar-refractivity contribution in [1.29, 1.82) is 0 Å². The van der Waals surface area contributed by atoms with E-state index in [1.807, 2.05) is 0 Å². The molecule has 7 heteroatoms. The van der Waals surface area contributed by atoms with Crippen LogP contribution in [-0.2, 0) is 4.79 Å². The van der Waals surface area contributed by atoms with E-state index in [2.05, 4.69) is 26.6 Å². The number of methoxy groups -OCH3 is 1. The minimum atomic E-state index is -1.08. The smallest absolute Gasteiger partial charge is 0.326 e. The van der Waals surface area contributed by atoms with Crippen LogP contribution in [0.15, 0.2) is 22.7 Å². The number of carbonyl (C=O) groups is 2. The first-order chi connectivity index (χ1) is 9.63. The molecule has 1 aromatic carbocycles. The van der Waals surface area contributed by atoms with Gasteiger partial charge in [0.2, 0.25) is 0 Å². The molecule has 0 aliphatic rings. The quantitative estimate of drug-likeness (QED) is 0.771. The van der Waals surface area contributed by atoms with E-state index in [-0.39, 0.29) is 0 Å². The molecule has 0 saturated carbocycles. The summed E-state index contributed by atoms with van der Waals surface area (Å²) < 4.78 is 5.83. The van der Waals surface area contributed by atoms with E-state index in [0.717, 1.165) is 4.47 Å². The minimum absolute atomic E-state index is 0.497. The highest BCUT2D eigenvalue weighted by Gasteiger charge is 2.32. The number of carbonyl (C=O) groups excluding carboxylic acids is 1. The molecule has 1 atom stereocenters. The van der Waals surface area contributed by atoms with Gasteiger partial charge in [0.25, 0.3) is 0 Å². The van der Waals surface area contributed by atoms with Gasteiger partial charge in [-0.25, -0.2) is 9.59 Å². The summed E-state index contributed by atoms with van der Waals surface area (Å²) in [5.74, 6) is -0.505. The number of carboxylic acids is 1. The predicted molar refractivity (Wildman–Crippen MR) is 83.7 cm³/mol. The zero-order valence-electron chi connectivity index (χ0n) is 12.4. The number of halogens is 1. The topological polar surface area (TPSA) is 87.7 Å². The molecule has 0 heterocycles. The van der Waals surface area contributed by atoms with E-state index >= 15 is 0 Å². The fraction of sp³-hybridized carbons (Fsp3) is 0.429. The lowest BCUT2D eigenvalue weighted by Gasteiger charge is -2.27. The fourth-order valence-electron chi connectivity index (χ4n) is 1.70. The minimum Gasteiger partial charge on any atom is -0.497 e. The van der Waals surface area contributed by atoms with Crippen LogP contribution < -0.4 is 15.4 Å². The van der Waals surface area contributed by atoms with Gasteiger partial charge >= 0.3 is 12.0 Å². The van der Waals surface area contributed by atoms with Crippen LogP contribution in [0.3, 0.4) is 0 Å². The van der Waals surface area contributed by atoms with Gasteiger partial charge in [-0.3, -0.25) is 0 Å². The Morgan fingerprint density at radius 3 is 2.38 bits per heavy atom. The van der Waals surface area contributed by atoms with Gasteiger partial charge in [-0.2, -0.15) is 0 Å². The summed E-state index contributed by atoms with van der Waals surface area (Å²) in [7, 11) is 1.52. The van der Waals surface area contributed by atoms with Gasteiger partial charge in [0, 0.05) is 16.2 Å². The third-order valence-electron chi connectivity index (χ3n) is 2.75. The molecule has 0 fully saturated rings. The molecular weight excluding hydrogens is 340 g/mol. The Kier molecular flexibility index (Phi) is 5.60. The molecule has 2 amide bonds. The van der Waals surface area contributed by atoms with Crippen LogP contribution in [0.5, 0.6) is 5.75 Å². The van der Waals surface area contributed by atoms with Crippen molar-refractivity contribution in [2.45, 2.75) is 26.8 Å². The number of hydrogen-bond donors (Lipinski definition) is 3. The van der Waals surface area contributed by atoms with Gasteiger partial charge in [-0.1, -0.05) is 36.7 Å². The maximum atomic E-state index is 11.9. The number of aliphatic carboxylic acids is 1. The molecule has 0 spiro atoms. The van der Waals surface area contributed by atoms with Gasteiger partial charge in [0.05, 0.1) is 7.11 Å². The number of amides is 2. The number of hydrogen-bond acceptors (Lipinski definition) is 3. The van der Waals surface area contributed by atoms with Crippen LogP contribution in [0, 0.1) is 5.41 Å². The summed E-state index contributed by atoms with van der Waals surface area (Å²) in [5, 5.41) is 14.2. The van der Waals surface area contributed by atoms with Gasteiger partial charge in [-0.15, -0.1) is 0 Å². The Hall–Kier alpha value is -1.76. The molecule has 0 bridgehead atoms. The lowest BCUT2D eigenvalue weighted by atomic mass is 9.87. The number of carboxylic acid groups (broad SMARTS) is 1. The molecule has 3 N–H and O–H groups in total. The highest BCUT2D eigenvalue weighted by Crippen LogP contribution is 2.25. The van der Waals surface area contributed by atoms with Crippen LogP contribution in [0.1, 0.15) is 20.8 Å². The lowest BCUT2D eigenvalue weighted by Crippen LogP contribution is -2.50. The molecule has 116 valence electrons. The highest BCUT2D eigenvalue weighted by atomic mass is 79.9. The largest absolute Gasteiger partial charge is 0.497 e. The van der Waals surface area contributed by atoms with Crippen molar-refractivity contribution in [2.75, 3.05) is 12.4 Å². The molecule has 21 heavy (non-hydrogen) atoms. The van der Waals surface area contributed by atoms with Crippen molar-refractivity contribution >= 4 is 33.6 Å². The average Bonchev–Trinajstić information content (AvgIpc) is 2.33. The molecular formula is C14H19BrN2O4. The molecule has 0 unspecified atom stereocenters. The molecule has 0 saturated heterocycles. The number of urea groups is 1. The molecule has 6 nitrogen and oxygen atoms in total. The summed E-state index contributed by atoms with van der Waals surface area (Å²) in [6, 6.07) is 3.49. The number of nitrogens with one attached hydrogen (secondary N) is 2. The van der Waals surface area contributed by atoms with Crippen molar-refractivity contribution < 1.29 is 19.4 Å². The molecule has 0 radical (unpaired) electrons. The zero-order chi connectivity index (χ0) is 16.2. The maximum Gasteiger partial charge on any atom is 0.326 e. The van der Waals surface area contributed by atoms with Crippen molar-refractivity contribution in [3.8, 4) is 5.75 Å². The van der Waals surface area contributed by atoms with Crippen molar-refractivity contribution in [3.63, 3.8) is 0 Å². The van der Waals surface area contributed by atoms with E-state index in [0.29, 0.717) is 11.4 Å². The first kappa shape index (κ1) is 17.3. The van der Waals surface area contributed by atoms with Gasteiger partial charge in [0.15, 0.2) is 0 Å². The molecule has 1 aromatic rings. The Morgan fingerprint density at radius 2 is 1.90 bits per heavy atom. The normalized spacial score (nSPS) is 12.4. The molecule has 1 rings (SSSR count). The van der Waals surface area contributed by atoms with E-state index in [1.54, 1.807) is 39.0 Å². The van der Waals surface area contributed by atoms with Crippen LogP contribution >= 0.6 is 15.9 Å². The Balaban J connectivity index is 2.82. The zero-order valence-corrected chi connectivity index (χ0v) is 13.9. The van der Waals surface area contributed by atoms with E-state index in [9.17, 15) is 14.7 Å². The van der Waals surface area contributed by atoms with Gasteiger partial charge in [0.1, 0.15) is 11.8 Å². The summed E-state index contributed by atoms with van der Waals surface area (Å²) in [5.41, 5.74) is -0.102. The third-order valence-corrected chi connectivity index (χ3v) is 3.21. The number of anilines is 1. The number of ether oxygens (including phenoxy) is 1. The Bertz CT molecular complexity index is 540. The summed E-state index contributed by atoms with van der Waals surface area (Å²) in [6.45, 7) is 5.23. The summed E-state index contributed by atoms with van der Waals surface area (Å²) >= 11 is 3.30. The lowest BCUT2D eigenvalue weighted by molar-refractivity contribution is -0.141. The van der Waals surface area contributed by atoms with Crippen LogP contribution in [0.25, 0.3) is 0 Å². The first-order valence-corrected chi connectivity index (χ1v) is 7.07. The van der Waals surface area contributed by atoms with Gasteiger partial charge < -0.3 is 20.5 Å². The standard InChI is InChI=1S/C14H19BrN2O4/c1-14(2,3)11(12(18)19)17-13(20)16-9-5-8(15)6-10(7-9)21-4/h5-7,11H,1-4H3,(H,18,19)(H2,16,17,20)/t11-/m1/s1. The van der Waals surface area contributed by atoms with Crippen LogP contribution in [0.4, 0.5) is 10.5 Å². The molecule has 0 aliphatic carbocycles. The first-order valence-electron chi connectivity index (χ1n) is 6.28. The predicted octanol–water partition coefficient (Wildman–Crippen LogP) is 3.08. The monoisotopic (exact) mass is 358 g/mol. The second-order valence-corrected chi connectivity index (χ2v) is 6.53.